The lowest BCUT2D eigenvalue weighted by molar-refractivity contribution is -0.759. The quantitative estimate of drug-likeness (QED) is 0.0498. The molecule has 0 aromatic heterocycles. The summed E-state index contributed by atoms with van der Waals surface area (Å²) in [5.74, 6) is -1.30. The number of aliphatic hydroxyl groups is 3. The number of hydrogen-bond acceptors (Lipinski definition) is 14. The maximum Gasteiger partial charge on any atom is 0.306 e. The van der Waals surface area contributed by atoms with E-state index in [0.717, 1.165) is 0 Å². The van der Waals surface area contributed by atoms with Crippen molar-refractivity contribution in [2.24, 2.45) is 11.8 Å². The van der Waals surface area contributed by atoms with Crippen LogP contribution in [0.3, 0.4) is 0 Å². The Balaban J connectivity index is 1.68. The maximum absolute atomic E-state index is 12.1. The van der Waals surface area contributed by atoms with Gasteiger partial charge in [-0.3, -0.25) is 9.59 Å². The molecule has 0 aliphatic heterocycles. The van der Waals surface area contributed by atoms with Crippen LogP contribution in [-0.2, 0) is 28.7 Å². The van der Waals surface area contributed by atoms with Crippen LogP contribution in [0.1, 0.15) is 57.8 Å². The highest BCUT2D eigenvalue weighted by molar-refractivity contribution is 6.30. The van der Waals surface area contributed by atoms with Crippen LogP contribution in [0.25, 0.3) is 0 Å². The van der Waals surface area contributed by atoms with Crippen LogP contribution >= 0.6 is 11.6 Å². The third kappa shape index (κ3) is 16.0. The number of rotatable bonds is 23. The normalized spacial score (nSPS) is 20.5. The van der Waals surface area contributed by atoms with Crippen LogP contribution in [0.2, 0.25) is 5.02 Å². The maximum atomic E-state index is 12.1. The van der Waals surface area contributed by atoms with E-state index < -0.39 is 59.7 Å². The van der Waals surface area contributed by atoms with E-state index in [0.29, 0.717) is 42.9 Å². The van der Waals surface area contributed by atoms with Gasteiger partial charge in [0.25, 0.3) is 10.2 Å². The number of hydrogen-bond donors (Lipinski definition) is 3. The number of allylic oxidation sites excluding steroid dienone is 2. The van der Waals surface area contributed by atoms with Gasteiger partial charge < -0.3 is 39.2 Å². The second-order valence-electron chi connectivity index (χ2n) is 10.8. The second-order valence-corrected chi connectivity index (χ2v) is 11.2. The summed E-state index contributed by atoms with van der Waals surface area (Å²) in [6.45, 7) is -1.42. The van der Waals surface area contributed by atoms with Gasteiger partial charge in [-0.1, -0.05) is 29.8 Å². The second kappa shape index (κ2) is 21.1. The summed E-state index contributed by atoms with van der Waals surface area (Å²) in [6, 6.07) is 6.85. The van der Waals surface area contributed by atoms with Crippen molar-refractivity contribution in [2.75, 3.05) is 26.4 Å². The molecular weight excluding hydrogens is 636 g/mol. The van der Waals surface area contributed by atoms with E-state index in [2.05, 4.69) is 9.68 Å². The predicted molar refractivity (Wildman–Crippen MR) is 159 cm³/mol. The molecule has 1 aliphatic rings. The molecule has 16 nitrogen and oxygen atoms in total. The SMILES string of the molecule is O=C(CCC/C=C\C[C@@H]1[C@@H](CC[C@@H](O)COc2cccc(Cl)c2)[C@H](O)C[C@@H]1O)OCC(CO[N+](=O)[O-])OC(=O)CCCO[N+](=O)[O-]. The van der Waals surface area contributed by atoms with Crippen LogP contribution in [0.15, 0.2) is 36.4 Å². The average molecular weight is 677 g/mol. The molecule has 258 valence electrons. The minimum Gasteiger partial charge on any atom is -0.491 e. The molecule has 1 saturated carbocycles. The number of esters is 2. The van der Waals surface area contributed by atoms with E-state index in [-0.39, 0.29) is 50.7 Å². The van der Waals surface area contributed by atoms with Gasteiger partial charge in [0.1, 0.15) is 25.6 Å². The Labute approximate surface area is 270 Å². The Morgan fingerprint density at radius 2 is 1.70 bits per heavy atom. The van der Waals surface area contributed by atoms with E-state index in [1.807, 2.05) is 12.2 Å². The molecule has 6 atom stereocenters. The largest absolute Gasteiger partial charge is 0.491 e. The first-order valence-corrected chi connectivity index (χ1v) is 15.3. The highest BCUT2D eigenvalue weighted by Crippen LogP contribution is 2.38. The molecule has 0 bridgehead atoms. The smallest absolute Gasteiger partial charge is 0.306 e. The van der Waals surface area contributed by atoms with Gasteiger partial charge in [-0.05, 0) is 75.0 Å². The molecule has 0 radical (unpaired) electrons. The molecule has 17 heteroatoms. The number of unbranched alkanes of at least 4 members (excludes halogenated alkanes) is 1. The molecule has 1 aliphatic carbocycles. The molecule has 46 heavy (non-hydrogen) atoms. The zero-order chi connectivity index (χ0) is 33.9. The molecule has 3 N–H and O–H groups in total. The molecule has 1 fully saturated rings. The Bertz CT molecular complexity index is 1140. The first kappa shape index (κ1) is 38.5. The van der Waals surface area contributed by atoms with Crippen LogP contribution in [0, 0.1) is 32.1 Å². The summed E-state index contributed by atoms with van der Waals surface area (Å²) in [7, 11) is 0. The summed E-state index contributed by atoms with van der Waals surface area (Å²) < 4.78 is 15.7. The Morgan fingerprint density at radius 3 is 2.41 bits per heavy atom. The lowest BCUT2D eigenvalue weighted by atomic mass is 9.86. The lowest BCUT2D eigenvalue weighted by Crippen LogP contribution is -2.30. The van der Waals surface area contributed by atoms with Crippen molar-refractivity contribution in [2.45, 2.75) is 82.2 Å². The lowest BCUT2D eigenvalue weighted by Gasteiger charge is -2.23. The van der Waals surface area contributed by atoms with E-state index >= 15 is 0 Å². The van der Waals surface area contributed by atoms with Crippen molar-refractivity contribution in [3.05, 3.63) is 61.7 Å². The molecule has 1 aromatic carbocycles. The fourth-order valence-electron chi connectivity index (χ4n) is 4.98. The molecule has 0 saturated heterocycles. The van der Waals surface area contributed by atoms with Crippen molar-refractivity contribution in [3.63, 3.8) is 0 Å². The first-order chi connectivity index (χ1) is 21.9. The number of ether oxygens (including phenoxy) is 3. The van der Waals surface area contributed by atoms with Gasteiger partial charge in [0.05, 0.1) is 24.9 Å². The number of aliphatic hydroxyl groups excluding tert-OH is 3. The van der Waals surface area contributed by atoms with Gasteiger partial charge in [-0.15, -0.1) is 20.2 Å². The van der Waals surface area contributed by atoms with E-state index in [9.17, 15) is 45.1 Å². The van der Waals surface area contributed by atoms with Crippen molar-refractivity contribution in [3.8, 4) is 5.75 Å². The number of halogens is 1. The van der Waals surface area contributed by atoms with Crippen molar-refractivity contribution in [1.82, 2.24) is 0 Å². The summed E-state index contributed by atoms with van der Waals surface area (Å²) in [5, 5.41) is 50.4. The number of carbonyl (C=O) groups is 2. The highest BCUT2D eigenvalue weighted by Gasteiger charge is 2.40. The Hall–Kier alpha value is -3.73. The van der Waals surface area contributed by atoms with Crippen LogP contribution in [-0.4, -0.2) is 88.3 Å². The number of carbonyl (C=O) groups excluding carboxylic acids is 2. The molecule has 1 aromatic rings. The third-order valence-corrected chi connectivity index (χ3v) is 7.47. The van der Waals surface area contributed by atoms with Crippen molar-refractivity contribution in [1.29, 1.82) is 0 Å². The molecule has 2 rings (SSSR count). The van der Waals surface area contributed by atoms with Gasteiger partial charge in [0, 0.05) is 17.9 Å². The van der Waals surface area contributed by atoms with Crippen LogP contribution < -0.4 is 4.74 Å². The minimum absolute atomic E-state index is 0.0157. The summed E-state index contributed by atoms with van der Waals surface area (Å²) >= 11 is 5.94. The fourth-order valence-corrected chi connectivity index (χ4v) is 5.16. The third-order valence-electron chi connectivity index (χ3n) is 7.24. The standard InChI is InChI=1S/C29H41ClN2O14/c30-20-7-5-8-22(15-20)42-17-21(33)12-13-25-24(26(34)16-27(25)35)9-3-1-2-4-10-28(36)43-18-23(19-45-32(40)41)46-29(37)11-6-14-44-31(38)39/h1,3,5,7-8,15,21,23-27,33-35H,2,4,6,9-14,16-19H2/b3-1-/t21-,23?,24-,25-,26+,27-/m1/s1. The highest BCUT2D eigenvalue weighted by atomic mass is 35.5. The van der Waals surface area contributed by atoms with Crippen LogP contribution in [0.4, 0.5) is 0 Å². The van der Waals surface area contributed by atoms with Crippen molar-refractivity contribution >= 4 is 23.5 Å². The number of benzene rings is 1. The van der Waals surface area contributed by atoms with Gasteiger partial charge in [0.15, 0.2) is 6.10 Å². The first-order valence-electron chi connectivity index (χ1n) is 14.9. The minimum atomic E-state index is -1.25. The fraction of sp³-hybridized carbons (Fsp3) is 0.655. The van der Waals surface area contributed by atoms with Gasteiger partial charge >= 0.3 is 11.9 Å². The molecule has 1 unspecified atom stereocenters. The van der Waals surface area contributed by atoms with Crippen LogP contribution in [0.5, 0.6) is 5.75 Å². The summed E-state index contributed by atoms with van der Waals surface area (Å²) in [4.78, 5) is 53.0. The van der Waals surface area contributed by atoms with Gasteiger partial charge in [0.2, 0.25) is 0 Å². The zero-order valence-electron chi connectivity index (χ0n) is 25.2. The zero-order valence-corrected chi connectivity index (χ0v) is 26.0. The topological polar surface area (TPSA) is 227 Å². The Kier molecular flexibility index (Phi) is 17.7. The molecule has 0 spiro atoms. The Morgan fingerprint density at radius 1 is 0.978 bits per heavy atom. The summed E-state index contributed by atoms with van der Waals surface area (Å²) in [5.41, 5.74) is 0. The molecule has 0 heterocycles. The predicted octanol–water partition coefficient (Wildman–Crippen LogP) is 2.99. The van der Waals surface area contributed by atoms with E-state index in [1.165, 1.54) is 0 Å². The average Bonchev–Trinajstić information content (AvgIpc) is 3.27. The van der Waals surface area contributed by atoms with E-state index in [1.54, 1.807) is 24.3 Å². The monoisotopic (exact) mass is 676 g/mol. The van der Waals surface area contributed by atoms with Crippen molar-refractivity contribution < 1.29 is 59.0 Å². The van der Waals surface area contributed by atoms with Gasteiger partial charge in [-0.2, -0.15) is 0 Å². The van der Waals surface area contributed by atoms with E-state index in [4.69, 9.17) is 25.8 Å². The van der Waals surface area contributed by atoms with Gasteiger partial charge in [-0.25, -0.2) is 0 Å². The summed E-state index contributed by atoms with van der Waals surface area (Å²) in [6.07, 6.45) is 2.65. The number of nitrogens with zero attached hydrogens (tertiary/aromatic N) is 2. The molecular formula is C29H41ClN2O14. The molecule has 0 amide bonds.